The lowest BCUT2D eigenvalue weighted by molar-refractivity contribution is -0.137. The zero-order valence-electron chi connectivity index (χ0n) is 22.2. The van der Waals surface area contributed by atoms with E-state index in [0.717, 1.165) is 12.8 Å². The van der Waals surface area contributed by atoms with Crippen molar-refractivity contribution in [2.75, 3.05) is 13.6 Å². The lowest BCUT2D eigenvalue weighted by Gasteiger charge is -2.52. The van der Waals surface area contributed by atoms with Crippen molar-refractivity contribution < 1.29 is 9.90 Å². The molecule has 31 heavy (non-hydrogen) atoms. The minimum absolute atomic E-state index is 0.345. The average molecular weight is 440 g/mol. The first kappa shape index (κ1) is 30.4. The van der Waals surface area contributed by atoms with E-state index in [1.807, 2.05) is 0 Å². The number of piperidine rings is 1. The maximum atomic E-state index is 10.3. The number of carbonyl (C=O) groups is 1. The molecular weight excluding hydrogens is 382 g/mol. The fourth-order valence-electron chi connectivity index (χ4n) is 4.51. The number of hydrogen-bond acceptors (Lipinski definition) is 2. The number of carboxylic acid groups (broad SMARTS) is 1. The second kappa shape index (κ2) is 17.9. The van der Waals surface area contributed by atoms with Crippen LogP contribution in [-0.4, -0.2) is 35.1 Å². The van der Waals surface area contributed by atoms with Gasteiger partial charge in [0.2, 0.25) is 0 Å². The van der Waals surface area contributed by atoms with E-state index in [1.165, 1.54) is 103 Å². The first-order valence-corrected chi connectivity index (χ1v) is 13.6. The standard InChI is InChI=1S/C18H36O2.C10H21N/c1-2-3-4-5-6-7-8-9-10-11-12-13-14-15-16-17-18(19)20;1-9(2)7-6-8-11(5)10(9,3)4/h2-17H2,1H3,(H,19,20);6-8H2,1-5H3. The highest BCUT2D eigenvalue weighted by molar-refractivity contribution is 5.66. The van der Waals surface area contributed by atoms with Crippen LogP contribution in [0.1, 0.15) is 150 Å². The molecule has 1 saturated heterocycles. The van der Waals surface area contributed by atoms with Crippen LogP contribution in [0.15, 0.2) is 0 Å². The molecule has 0 atom stereocenters. The molecule has 1 aliphatic rings. The molecule has 1 rings (SSSR count). The summed E-state index contributed by atoms with van der Waals surface area (Å²) in [4.78, 5) is 12.8. The van der Waals surface area contributed by atoms with Crippen LogP contribution in [0, 0.1) is 5.41 Å². The molecule has 1 fully saturated rings. The largest absolute Gasteiger partial charge is 0.481 e. The van der Waals surface area contributed by atoms with Gasteiger partial charge in [0, 0.05) is 12.0 Å². The highest BCUT2D eigenvalue weighted by Crippen LogP contribution is 2.42. The first-order chi connectivity index (χ1) is 14.6. The summed E-state index contributed by atoms with van der Waals surface area (Å²) in [5.74, 6) is -0.653. The van der Waals surface area contributed by atoms with Crippen molar-refractivity contribution >= 4 is 5.97 Å². The Hall–Kier alpha value is -0.570. The summed E-state index contributed by atoms with van der Waals surface area (Å²) in [5, 5.41) is 8.52. The summed E-state index contributed by atoms with van der Waals surface area (Å²) >= 11 is 0. The van der Waals surface area contributed by atoms with Gasteiger partial charge in [0.25, 0.3) is 0 Å². The van der Waals surface area contributed by atoms with E-state index >= 15 is 0 Å². The summed E-state index contributed by atoms with van der Waals surface area (Å²) in [6, 6.07) is 0. The van der Waals surface area contributed by atoms with Gasteiger partial charge in [-0.2, -0.15) is 0 Å². The minimum atomic E-state index is -0.653. The molecule has 1 N–H and O–H groups in total. The van der Waals surface area contributed by atoms with Crippen molar-refractivity contribution in [2.45, 2.75) is 156 Å². The van der Waals surface area contributed by atoms with Crippen LogP contribution >= 0.6 is 0 Å². The Morgan fingerprint density at radius 1 is 0.742 bits per heavy atom. The lowest BCUT2D eigenvalue weighted by atomic mass is 9.68. The fraction of sp³-hybridized carbons (Fsp3) is 0.964. The smallest absolute Gasteiger partial charge is 0.303 e. The fourth-order valence-corrected chi connectivity index (χ4v) is 4.51. The molecular formula is C28H57NO2. The minimum Gasteiger partial charge on any atom is -0.481 e. The van der Waals surface area contributed by atoms with Crippen LogP contribution in [0.3, 0.4) is 0 Å². The van der Waals surface area contributed by atoms with Crippen molar-refractivity contribution in [1.82, 2.24) is 4.90 Å². The molecule has 3 heteroatoms. The van der Waals surface area contributed by atoms with Crippen LogP contribution < -0.4 is 0 Å². The Bertz CT molecular complexity index is 431. The van der Waals surface area contributed by atoms with E-state index in [-0.39, 0.29) is 0 Å². The number of carboxylic acids is 1. The van der Waals surface area contributed by atoms with Crippen LogP contribution in [0.5, 0.6) is 0 Å². The predicted molar refractivity (Wildman–Crippen MR) is 137 cm³/mol. The van der Waals surface area contributed by atoms with E-state index in [2.05, 4.69) is 46.6 Å². The summed E-state index contributed by atoms with van der Waals surface area (Å²) in [7, 11) is 2.24. The molecule has 0 radical (unpaired) electrons. The number of aliphatic carboxylic acids is 1. The van der Waals surface area contributed by atoms with Gasteiger partial charge < -0.3 is 10.0 Å². The maximum Gasteiger partial charge on any atom is 0.303 e. The number of likely N-dealkylation sites (tertiary alicyclic amines) is 1. The number of rotatable bonds is 16. The quantitative estimate of drug-likeness (QED) is 0.244. The van der Waals surface area contributed by atoms with Gasteiger partial charge in [-0.05, 0) is 52.1 Å². The predicted octanol–water partition coefficient (Wildman–Crippen LogP) is 8.85. The van der Waals surface area contributed by atoms with Gasteiger partial charge in [-0.15, -0.1) is 0 Å². The van der Waals surface area contributed by atoms with Crippen molar-refractivity contribution in [3.63, 3.8) is 0 Å². The Morgan fingerprint density at radius 3 is 1.45 bits per heavy atom. The van der Waals surface area contributed by atoms with Gasteiger partial charge in [-0.3, -0.25) is 4.79 Å². The van der Waals surface area contributed by atoms with Gasteiger partial charge >= 0.3 is 5.97 Å². The van der Waals surface area contributed by atoms with Crippen LogP contribution in [0.25, 0.3) is 0 Å². The van der Waals surface area contributed by atoms with E-state index in [9.17, 15) is 4.79 Å². The number of hydrogen-bond donors (Lipinski definition) is 1. The highest BCUT2D eigenvalue weighted by atomic mass is 16.4. The van der Waals surface area contributed by atoms with Gasteiger partial charge in [0.05, 0.1) is 0 Å². The molecule has 0 aromatic carbocycles. The number of nitrogens with zero attached hydrogens (tertiary/aromatic N) is 1. The molecule has 1 aliphatic heterocycles. The molecule has 0 bridgehead atoms. The molecule has 0 saturated carbocycles. The van der Waals surface area contributed by atoms with Crippen molar-refractivity contribution in [2.24, 2.45) is 5.41 Å². The Labute approximate surface area is 195 Å². The highest BCUT2D eigenvalue weighted by Gasteiger charge is 2.42. The second-order valence-electron chi connectivity index (χ2n) is 11.1. The van der Waals surface area contributed by atoms with Crippen molar-refractivity contribution in [3.8, 4) is 0 Å². The topological polar surface area (TPSA) is 40.5 Å². The third-order valence-corrected chi connectivity index (χ3v) is 7.90. The van der Waals surface area contributed by atoms with E-state index in [4.69, 9.17) is 5.11 Å². The lowest BCUT2D eigenvalue weighted by Crippen LogP contribution is -2.55. The van der Waals surface area contributed by atoms with Crippen molar-refractivity contribution in [1.29, 1.82) is 0 Å². The van der Waals surface area contributed by atoms with Crippen LogP contribution in [0.4, 0.5) is 0 Å². The Morgan fingerprint density at radius 2 is 1.13 bits per heavy atom. The third-order valence-electron chi connectivity index (χ3n) is 7.90. The number of unbranched alkanes of at least 4 members (excludes halogenated alkanes) is 14. The zero-order valence-corrected chi connectivity index (χ0v) is 22.2. The second-order valence-corrected chi connectivity index (χ2v) is 11.1. The average Bonchev–Trinajstić information content (AvgIpc) is 2.70. The van der Waals surface area contributed by atoms with Crippen molar-refractivity contribution in [3.05, 3.63) is 0 Å². The third kappa shape index (κ3) is 15.0. The maximum absolute atomic E-state index is 10.3. The zero-order chi connectivity index (χ0) is 23.6. The molecule has 1 heterocycles. The summed E-state index contributed by atoms with van der Waals surface area (Å²) in [6.07, 6.45) is 22.9. The molecule has 186 valence electrons. The molecule has 0 aromatic rings. The van der Waals surface area contributed by atoms with Gasteiger partial charge in [-0.1, -0.05) is 111 Å². The Balaban J connectivity index is 0.000000683. The van der Waals surface area contributed by atoms with Gasteiger partial charge in [-0.25, -0.2) is 0 Å². The monoisotopic (exact) mass is 439 g/mol. The van der Waals surface area contributed by atoms with E-state index in [0.29, 0.717) is 17.4 Å². The summed E-state index contributed by atoms with van der Waals surface area (Å²) in [6.45, 7) is 13.0. The van der Waals surface area contributed by atoms with Gasteiger partial charge in [0.15, 0.2) is 0 Å². The first-order valence-electron chi connectivity index (χ1n) is 13.6. The molecule has 0 spiro atoms. The summed E-state index contributed by atoms with van der Waals surface area (Å²) in [5.41, 5.74) is 0.839. The van der Waals surface area contributed by atoms with Crippen LogP contribution in [0.2, 0.25) is 0 Å². The molecule has 0 amide bonds. The normalized spacial score (nSPS) is 17.7. The summed E-state index contributed by atoms with van der Waals surface area (Å²) < 4.78 is 0. The van der Waals surface area contributed by atoms with E-state index < -0.39 is 5.97 Å². The molecule has 0 aliphatic carbocycles. The Kier molecular flexibility index (Phi) is 17.6. The molecule has 0 aromatic heterocycles. The van der Waals surface area contributed by atoms with E-state index in [1.54, 1.807) is 0 Å². The SMILES string of the molecule is CCCCCCCCCCCCCCCCCC(=O)O.CN1CCCC(C)(C)C1(C)C. The molecule has 3 nitrogen and oxygen atoms in total. The van der Waals surface area contributed by atoms with Gasteiger partial charge in [0.1, 0.15) is 0 Å². The molecule has 0 unspecified atom stereocenters. The van der Waals surface area contributed by atoms with Crippen LogP contribution in [-0.2, 0) is 4.79 Å².